The van der Waals surface area contributed by atoms with Crippen LogP contribution in [0.5, 0.6) is 5.75 Å². The Labute approximate surface area is 64.7 Å². The second-order valence-corrected chi connectivity index (χ2v) is 2.77. The van der Waals surface area contributed by atoms with Gasteiger partial charge in [-0.25, -0.2) is 0 Å². The molecule has 54 valence electrons. The maximum absolute atomic E-state index is 9.08. The normalized spacial score (nSPS) is 19.7. The van der Waals surface area contributed by atoms with Crippen molar-refractivity contribution < 1.29 is 5.11 Å². The Morgan fingerprint density at radius 2 is 2.36 bits per heavy atom. The molecule has 2 nitrogen and oxygen atoms in total. The fourth-order valence-electron chi connectivity index (χ4n) is 1.41. The molecular formula is C9H7NO. The summed E-state index contributed by atoms with van der Waals surface area (Å²) in [7, 11) is 0. The van der Waals surface area contributed by atoms with E-state index in [2.05, 4.69) is 6.07 Å². The number of benzene rings is 1. The largest absolute Gasteiger partial charge is 0.508 e. The number of rotatable bonds is 0. The smallest absolute Gasteiger partial charge is 0.115 e. The number of aromatic hydroxyl groups is 1. The number of hydrogen-bond acceptors (Lipinski definition) is 2. The van der Waals surface area contributed by atoms with Crippen molar-refractivity contribution in [3.63, 3.8) is 0 Å². The lowest BCUT2D eigenvalue weighted by Crippen LogP contribution is -2.14. The highest BCUT2D eigenvalue weighted by atomic mass is 16.3. The van der Waals surface area contributed by atoms with Crippen LogP contribution in [0, 0.1) is 11.3 Å². The molecule has 0 saturated heterocycles. The molecule has 2 rings (SSSR count). The number of fused-ring (bicyclic) bond motifs is 1. The van der Waals surface area contributed by atoms with Crippen LogP contribution >= 0.6 is 0 Å². The first kappa shape index (κ1) is 6.23. The van der Waals surface area contributed by atoms with Crippen molar-refractivity contribution in [2.24, 2.45) is 0 Å². The summed E-state index contributed by atoms with van der Waals surface area (Å²) >= 11 is 0. The average molecular weight is 145 g/mol. The van der Waals surface area contributed by atoms with Gasteiger partial charge in [-0.15, -0.1) is 0 Å². The highest BCUT2D eigenvalue weighted by molar-refractivity contribution is 5.47. The molecule has 0 aromatic heterocycles. The zero-order valence-electron chi connectivity index (χ0n) is 5.91. The Morgan fingerprint density at radius 1 is 1.55 bits per heavy atom. The van der Waals surface area contributed by atoms with E-state index >= 15 is 0 Å². The standard InChI is InChI=1S/C9H7NO/c10-5-7-3-6-1-2-8(11)4-9(6)7/h1-2,4,7,11H,3H2. The summed E-state index contributed by atoms with van der Waals surface area (Å²) in [5.41, 5.74) is 2.18. The van der Waals surface area contributed by atoms with Gasteiger partial charge in [0, 0.05) is 0 Å². The number of phenolic OH excluding ortho intramolecular Hbond substituents is 1. The topological polar surface area (TPSA) is 44.0 Å². The first-order chi connectivity index (χ1) is 5.31. The van der Waals surface area contributed by atoms with Crippen LogP contribution in [-0.2, 0) is 6.42 Å². The van der Waals surface area contributed by atoms with Gasteiger partial charge in [0.15, 0.2) is 0 Å². The summed E-state index contributed by atoms with van der Waals surface area (Å²) < 4.78 is 0. The van der Waals surface area contributed by atoms with Crippen molar-refractivity contribution in [1.29, 1.82) is 5.26 Å². The van der Waals surface area contributed by atoms with Crippen molar-refractivity contribution in [3.8, 4) is 11.8 Å². The van der Waals surface area contributed by atoms with Gasteiger partial charge >= 0.3 is 0 Å². The molecule has 1 aromatic rings. The van der Waals surface area contributed by atoms with Crippen molar-refractivity contribution in [2.45, 2.75) is 12.3 Å². The second-order valence-electron chi connectivity index (χ2n) is 2.77. The Balaban J connectivity index is 2.47. The first-order valence-electron chi connectivity index (χ1n) is 3.52. The first-order valence-corrected chi connectivity index (χ1v) is 3.52. The Kier molecular flexibility index (Phi) is 1.13. The van der Waals surface area contributed by atoms with Crippen LogP contribution in [0.3, 0.4) is 0 Å². The molecule has 0 spiro atoms. The minimum absolute atomic E-state index is 0.0112. The molecule has 0 bridgehead atoms. The van der Waals surface area contributed by atoms with Gasteiger partial charge < -0.3 is 5.11 Å². The fraction of sp³-hybridized carbons (Fsp3) is 0.222. The van der Waals surface area contributed by atoms with E-state index in [-0.39, 0.29) is 11.7 Å². The van der Waals surface area contributed by atoms with Crippen LogP contribution in [0.1, 0.15) is 17.0 Å². The number of nitrogens with zero attached hydrogens (tertiary/aromatic N) is 1. The molecule has 0 heterocycles. The average Bonchev–Trinajstić information content (AvgIpc) is 1.97. The molecule has 0 aliphatic heterocycles. The molecule has 1 aliphatic rings. The lowest BCUT2D eigenvalue weighted by molar-refractivity contribution is 0.472. The van der Waals surface area contributed by atoms with E-state index in [4.69, 9.17) is 10.4 Å². The van der Waals surface area contributed by atoms with Crippen LogP contribution in [0.4, 0.5) is 0 Å². The molecule has 2 heteroatoms. The molecule has 0 amide bonds. The maximum Gasteiger partial charge on any atom is 0.115 e. The lowest BCUT2D eigenvalue weighted by Gasteiger charge is -2.23. The predicted molar refractivity (Wildman–Crippen MR) is 40.2 cm³/mol. The molecule has 1 unspecified atom stereocenters. The maximum atomic E-state index is 9.08. The van der Waals surface area contributed by atoms with Crippen molar-refractivity contribution in [1.82, 2.24) is 0 Å². The summed E-state index contributed by atoms with van der Waals surface area (Å²) in [6.45, 7) is 0. The molecule has 1 aromatic carbocycles. The van der Waals surface area contributed by atoms with Crippen molar-refractivity contribution >= 4 is 0 Å². The van der Waals surface area contributed by atoms with Crippen LogP contribution in [0.2, 0.25) is 0 Å². The Hall–Kier alpha value is -1.49. The third-order valence-corrected chi connectivity index (χ3v) is 2.08. The molecule has 1 aliphatic carbocycles. The van der Waals surface area contributed by atoms with Gasteiger partial charge in [-0.1, -0.05) is 6.07 Å². The summed E-state index contributed by atoms with van der Waals surface area (Å²) in [5.74, 6) is 0.265. The molecule has 11 heavy (non-hydrogen) atoms. The zero-order valence-corrected chi connectivity index (χ0v) is 5.91. The van der Waals surface area contributed by atoms with Gasteiger partial charge in [0.2, 0.25) is 0 Å². The monoisotopic (exact) mass is 145 g/mol. The molecule has 1 atom stereocenters. The van der Waals surface area contributed by atoms with Crippen LogP contribution in [0.15, 0.2) is 18.2 Å². The number of phenols is 1. The van der Waals surface area contributed by atoms with Gasteiger partial charge in [-0.3, -0.25) is 0 Å². The summed E-state index contributed by atoms with van der Waals surface area (Å²) in [6, 6.07) is 7.38. The van der Waals surface area contributed by atoms with Crippen molar-refractivity contribution in [2.75, 3.05) is 0 Å². The molecular weight excluding hydrogens is 138 g/mol. The number of nitriles is 1. The SMILES string of the molecule is N#CC1Cc2ccc(O)cc21. The van der Waals surface area contributed by atoms with Crippen LogP contribution < -0.4 is 0 Å². The summed E-state index contributed by atoms with van der Waals surface area (Å²) in [4.78, 5) is 0. The Bertz CT molecular complexity index is 338. The van der Waals surface area contributed by atoms with E-state index in [1.807, 2.05) is 6.07 Å². The molecule has 0 fully saturated rings. The van der Waals surface area contributed by atoms with E-state index in [0.717, 1.165) is 12.0 Å². The van der Waals surface area contributed by atoms with Gasteiger partial charge in [0.05, 0.1) is 12.0 Å². The summed E-state index contributed by atoms with van der Waals surface area (Å²) in [5, 5.41) is 17.7. The van der Waals surface area contributed by atoms with E-state index in [0.29, 0.717) is 0 Å². The quantitative estimate of drug-likeness (QED) is 0.602. The number of hydrogen-bond donors (Lipinski definition) is 1. The van der Waals surface area contributed by atoms with Gasteiger partial charge in [-0.2, -0.15) is 5.26 Å². The van der Waals surface area contributed by atoms with Crippen LogP contribution in [-0.4, -0.2) is 5.11 Å². The molecule has 1 N–H and O–H groups in total. The molecule has 0 saturated carbocycles. The minimum atomic E-state index is 0.0112. The van der Waals surface area contributed by atoms with Gasteiger partial charge in [0.1, 0.15) is 5.75 Å². The van der Waals surface area contributed by atoms with Gasteiger partial charge in [-0.05, 0) is 29.7 Å². The lowest BCUT2D eigenvalue weighted by atomic mass is 9.78. The minimum Gasteiger partial charge on any atom is -0.508 e. The zero-order chi connectivity index (χ0) is 7.84. The highest BCUT2D eigenvalue weighted by Crippen LogP contribution is 2.36. The van der Waals surface area contributed by atoms with E-state index in [1.165, 1.54) is 5.56 Å². The second kappa shape index (κ2) is 2.00. The third kappa shape index (κ3) is 0.779. The third-order valence-electron chi connectivity index (χ3n) is 2.08. The Morgan fingerprint density at radius 3 is 3.09 bits per heavy atom. The van der Waals surface area contributed by atoms with Gasteiger partial charge in [0.25, 0.3) is 0 Å². The summed E-state index contributed by atoms with van der Waals surface area (Å²) in [6.07, 6.45) is 0.839. The van der Waals surface area contributed by atoms with Crippen molar-refractivity contribution in [3.05, 3.63) is 29.3 Å². The predicted octanol–water partition coefficient (Wildman–Crippen LogP) is 1.56. The van der Waals surface area contributed by atoms with Crippen LogP contribution in [0.25, 0.3) is 0 Å². The van der Waals surface area contributed by atoms with E-state index in [9.17, 15) is 0 Å². The van der Waals surface area contributed by atoms with E-state index in [1.54, 1.807) is 12.1 Å². The highest BCUT2D eigenvalue weighted by Gasteiger charge is 2.25. The van der Waals surface area contributed by atoms with E-state index < -0.39 is 0 Å². The fourth-order valence-corrected chi connectivity index (χ4v) is 1.41. The molecule has 0 radical (unpaired) electrons.